The fourth-order valence-electron chi connectivity index (χ4n) is 4.93. The number of nitrogens with one attached hydrogen (secondary N) is 1. The molecule has 1 saturated heterocycles. The van der Waals surface area contributed by atoms with Gasteiger partial charge >= 0.3 is 12.0 Å². The number of carbonyl (C=O) groups excluding carboxylic acids is 2. The molecular formula is C29H33N7O5. The number of aromatic nitrogens is 4. The van der Waals surface area contributed by atoms with Crippen LogP contribution in [-0.2, 0) is 16.0 Å². The third-order valence-electron chi connectivity index (χ3n) is 6.99. The van der Waals surface area contributed by atoms with Crippen LogP contribution in [0.5, 0.6) is 11.5 Å². The Bertz CT molecular complexity index is 1500. The Hall–Kier alpha value is -4.87. The van der Waals surface area contributed by atoms with Crippen LogP contribution < -0.4 is 19.7 Å². The standard InChI is InChI=1S/C29H33N7O5/c1-4-41-27(37)23(16-20-8-6-5-7-9-20)33-29(38)35-14-12-34(13-15-35)26-22(18-30-28-31-19-32-36(26)28)21-10-11-24(39-2)25(17-21)40-3/h5-11,17-19,23H,4,12-16H2,1-3H3,(H,33,38). The lowest BCUT2D eigenvalue weighted by Gasteiger charge is -2.37. The second kappa shape index (κ2) is 12.5. The highest BCUT2D eigenvalue weighted by Crippen LogP contribution is 2.36. The summed E-state index contributed by atoms with van der Waals surface area (Å²) in [6.07, 6.45) is 3.59. The van der Waals surface area contributed by atoms with Gasteiger partial charge in [-0.1, -0.05) is 36.4 Å². The number of hydrogen-bond donors (Lipinski definition) is 1. The van der Waals surface area contributed by atoms with Gasteiger partial charge in [0.15, 0.2) is 11.5 Å². The van der Waals surface area contributed by atoms with E-state index in [1.165, 1.54) is 6.33 Å². The molecule has 0 saturated carbocycles. The molecule has 0 radical (unpaired) electrons. The van der Waals surface area contributed by atoms with Crippen LogP contribution in [0.25, 0.3) is 16.9 Å². The van der Waals surface area contributed by atoms with Crippen molar-refractivity contribution in [3.8, 4) is 22.6 Å². The largest absolute Gasteiger partial charge is 0.493 e. The number of fused-ring (bicyclic) bond motifs is 1. The molecule has 0 aliphatic carbocycles. The van der Waals surface area contributed by atoms with Crippen LogP contribution in [0.1, 0.15) is 12.5 Å². The second-order valence-electron chi connectivity index (χ2n) is 9.46. The van der Waals surface area contributed by atoms with Gasteiger partial charge in [0, 0.05) is 44.4 Å². The maximum absolute atomic E-state index is 13.3. The smallest absolute Gasteiger partial charge is 0.329 e. The number of methoxy groups -OCH3 is 2. The van der Waals surface area contributed by atoms with Crippen molar-refractivity contribution in [1.82, 2.24) is 29.8 Å². The van der Waals surface area contributed by atoms with Crippen LogP contribution in [-0.4, -0.2) is 89.5 Å². The molecule has 3 heterocycles. The van der Waals surface area contributed by atoms with Crippen LogP contribution in [0.2, 0.25) is 0 Å². The first kappa shape index (κ1) is 27.7. The SMILES string of the molecule is CCOC(=O)C(Cc1ccccc1)NC(=O)N1CCN(c2c(-c3ccc(OC)c(OC)c3)cnc3ncnn23)CC1. The Morgan fingerprint density at radius 2 is 1.73 bits per heavy atom. The van der Waals surface area contributed by atoms with Gasteiger partial charge in [0.05, 0.1) is 20.8 Å². The Labute approximate surface area is 237 Å². The quantitative estimate of drug-likeness (QED) is 0.308. The molecular weight excluding hydrogens is 526 g/mol. The average Bonchev–Trinajstić information content (AvgIpc) is 3.49. The van der Waals surface area contributed by atoms with E-state index in [2.05, 4.69) is 25.3 Å². The van der Waals surface area contributed by atoms with E-state index < -0.39 is 12.0 Å². The Kier molecular flexibility index (Phi) is 8.47. The Morgan fingerprint density at radius 3 is 2.44 bits per heavy atom. The molecule has 4 aromatic rings. The van der Waals surface area contributed by atoms with E-state index in [1.807, 2.05) is 48.5 Å². The molecule has 2 aromatic carbocycles. The molecule has 1 aliphatic rings. The summed E-state index contributed by atoms with van der Waals surface area (Å²) in [6, 6.07) is 14.2. The molecule has 41 heavy (non-hydrogen) atoms. The van der Waals surface area contributed by atoms with E-state index in [1.54, 1.807) is 36.8 Å². The van der Waals surface area contributed by atoms with Crippen LogP contribution in [0.15, 0.2) is 61.1 Å². The van der Waals surface area contributed by atoms with Crippen LogP contribution in [0, 0.1) is 0 Å². The van der Waals surface area contributed by atoms with Crippen molar-refractivity contribution in [3.05, 3.63) is 66.6 Å². The monoisotopic (exact) mass is 559 g/mol. The summed E-state index contributed by atoms with van der Waals surface area (Å²) < 4.78 is 17.9. The summed E-state index contributed by atoms with van der Waals surface area (Å²) in [5.41, 5.74) is 2.65. The van der Waals surface area contributed by atoms with Crippen molar-refractivity contribution >= 4 is 23.6 Å². The van der Waals surface area contributed by atoms with E-state index in [0.717, 1.165) is 22.5 Å². The molecule has 2 amide bonds. The van der Waals surface area contributed by atoms with Gasteiger partial charge in [-0.2, -0.15) is 14.6 Å². The predicted molar refractivity (Wildman–Crippen MR) is 152 cm³/mol. The molecule has 1 unspecified atom stereocenters. The number of ether oxygens (including phenoxy) is 3. The minimum atomic E-state index is -0.783. The van der Waals surface area contributed by atoms with E-state index in [0.29, 0.717) is 49.9 Å². The number of anilines is 1. The first-order chi connectivity index (χ1) is 20.0. The zero-order valence-corrected chi connectivity index (χ0v) is 23.3. The number of piperazine rings is 1. The summed E-state index contributed by atoms with van der Waals surface area (Å²) in [5, 5.41) is 7.32. The molecule has 1 aliphatic heterocycles. The van der Waals surface area contributed by atoms with Crippen molar-refractivity contribution in [2.75, 3.05) is 51.9 Å². The zero-order valence-electron chi connectivity index (χ0n) is 23.3. The number of carbonyl (C=O) groups is 2. The maximum Gasteiger partial charge on any atom is 0.329 e. The van der Waals surface area contributed by atoms with Gasteiger partial charge in [0.2, 0.25) is 0 Å². The minimum absolute atomic E-state index is 0.240. The second-order valence-corrected chi connectivity index (χ2v) is 9.46. The van der Waals surface area contributed by atoms with Crippen molar-refractivity contribution in [3.63, 3.8) is 0 Å². The molecule has 0 bridgehead atoms. The third kappa shape index (κ3) is 6.01. The topological polar surface area (TPSA) is 123 Å². The number of esters is 1. The highest BCUT2D eigenvalue weighted by Gasteiger charge is 2.29. The zero-order chi connectivity index (χ0) is 28.8. The number of rotatable bonds is 9. The highest BCUT2D eigenvalue weighted by atomic mass is 16.5. The van der Waals surface area contributed by atoms with Gasteiger partial charge < -0.3 is 29.3 Å². The van der Waals surface area contributed by atoms with E-state index in [-0.39, 0.29) is 12.6 Å². The first-order valence-electron chi connectivity index (χ1n) is 13.4. The van der Waals surface area contributed by atoms with Crippen molar-refractivity contribution in [2.45, 2.75) is 19.4 Å². The van der Waals surface area contributed by atoms with E-state index in [4.69, 9.17) is 14.2 Å². The fourth-order valence-corrected chi connectivity index (χ4v) is 4.93. The lowest BCUT2D eigenvalue weighted by Crippen LogP contribution is -2.55. The number of hydrogen-bond acceptors (Lipinski definition) is 9. The molecule has 1 N–H and O–H groups in total. The average molecular weight is 560 g/mol. The Balaban J connectivity index is 1.34. The normalized spacial score (nSPS) is 14.0. The van der Waals surface area contributed by atoms with E-state index in [9.17, 15) is 9.59 Å². The molecule has 0 spiro atoms. The van der Waals surface area contributed by atoms with Gasteiger partial charge in [-0.05, 0) is 30.2 Å². The van der Waals surface area contributed by atoms with Gasteiger partial charge in [-0.15, -0.1) is 0 Å². The van der Waals surface area contributed by atoms with Crippen molar-refractivity contribution < 1.29 is 23.8 Å². The summed E-state index contributed by atoms with van der Waals surface area (Å²) in [6.45, 7) is 3.95. The Morgan fingerprint density at radius 1 is 0.976 bits per heavy atom. The predicted octanol–water partition coefficient (Wildman–Crippen LogP) is 2.81. The van der Waals surface area contributed by atoms with Crippen LogP contribution in [0.4, 0.5) is 10.6 Å². The number of urea groups is 1. The summed E-state index contributed by atoms with van der Waals surface area (Å²) in [7, 11) is 3.19. The number of amides is 2. The van der Waals surface area contributed by atoms with Crippen molar-refractivity contribution in [1.29, 1.82) is 0 Å². The molecule has 214 valence electrons. The molecule has 1 fully saturated rings. The van der Waals surface area contributed by atoms with Gasteiger partial charge in [-0.25, -0.2) is 14.6 Å². The van der Waals surface area contributed by atoms with Gasteiger partial charge in [-0.3, -0.25) is 0 Å². The van der Waals surface area contributed by atoms with Crippen LogP contribution in [0.3, 0.4) is 0 Å². The molecule has 5 rings (SSSR count). The van der Waals surface area contributed by atoms with Crippen LogP contribution >= 0.6 is 0 Å². The molecule has 2 aromatic heterocycles. The lowest BCUT2D eigenvalue weighted by atomic mass is 10.1. The third-order valence-corrected chi connectivity index (χ3v) is 6.99. The van der Waals surface area contributed by atoms with Crippen molar-refractivity contribution in [2.24, 2.45) is 0 Å². The molecule has 12 heteroatoms. The maximum atomic E-state index is 13.3. The first-order valence-corrected chi connectivity index (χ1v) is 13.4. The van der Waals surface area contributed by atoms with Gasteiger partial charge in [0.1, 0.15) is 18.2 Å². The minimum Gasteiger partial charge on any atom is -0.493 e. The number of benzene rings is 2. The summed E-state index contributed by atoms with van der Waals surface area (Å²) in [4.78, 5) is 38.5. The fraction of sp³-hybridized carbons (Fsp3) is 0.345. The number of nitrogens with zero attached hydrogens (tertiary/aromatic N) is 6. The van der Waals surface area contributed by atoms with E-state index >= 15 is 0 Å². The molecule has 12 nitrogen and oxygen atoms in total. The lowest BCUT2D eigenvalue weighted by molar-refractivity contribution is -0.145. The van der Waals surface area contributed by atoms with Gasteiger partial charge in [0.25, 0.3) is 5.78 Å². The summed E-state index contributed by atoms with van der Waals surface area (Å²) in [5.74, 6) is 2.06. The molecule has 1 atom stereocenters. The summed E-state index contributed by atoms with van der Waals surface area (Å²) >= 11 is 0. The highest BCUT2D eigenvalue weighted by molar-refractivity contribution is 5.84.